The van der Waals surface area contributed by atoms with Gasteiger partial charge in [-0.05, 0) is 32.3 Å². The summed E-state index contributed by atoms with van der Waals surface area (Å²) in [6, 6.07) is 10.1. The normalized spacial score (nSPS) is 11.5. The zero-order chi connectivity index (χ0) is 14.1. The topological polar surface area (TPSA) is 41.5 Å². The average Bonchev–Trinajstić information content (AvgIpc) is 2.38. The van der Waals surface area contributed by atoms with Crippen LogP contribution in [0.25, 0.3) is 0 Å². The first kappa shape index (κ1) is 14.7. The molecule has 1 aromatic carbocycles. The Morgan fingerprint density at radius 1 is 1.32 bits per heavy atom. The first-order valence-corrected chi connectivity index (χ1v) is 6.10. The lowest BCUT2D eigenvalue weighted by molar-refractivity contribution is -0.109. The Morgan fingerprint density at radius 3 is 2.63 bits per heavy atom. The third-order valence-electron chi connectivity index (χ3n) is 2.32. The number of ketones is 1. The number of nitrogens with one attached hydrogen (secondary N) is 1. The third-order valence-corrected chi connectivity index (χ3v) is 2.32. The number of nitrogens with zero attached hydrogens (tertiary/aromatic N) is 1. The quantitative estimate of drug-likeness (QED) is 0.288. The summed E-state index contributed by atoms with van der Waals surface area (Å²) < 4.78 is 0. The van der Waals surface area contributed by atoms with Gasteiger partial charge in [0.15, 0.2) is 0 Å². The van der Waals surface area contributed by atoms with Gasteiger partial charge in [0.1, 0.15) is 0 Å². The number of rotatable bonds is 5. The van der Waals surface area contributed by atoms with Crippen LogP contribution in [-0.2, 0) is 11.2 Å². The van der Waals surface area contributed by atoms with E-state index in [1.807, 2.05) is 25.1 Å². The zero-order valence-electron chi connectivity index (χ0n) is 11.5. The molecule has 0 amide bonds. The molecule has 1 rings (SSSR count). The molecule has 0 unspecified atom stereocenters. The van der Waals surface area contributed by atoms with Crippen LogP contribution in [0.2, 0.25) is 0 Å². The summed E-state index contributed by atoms with van der Waals surface area (Å²) >= 11 is 0. The molecule has 0 bridgehead atoms. The highest BCUT2D eigenvalue weighted by Gasteiger charge is 1.96. The molecule has 0 atom stereocenters. The van der Waals surface area contributed by atoms with E-state index in [4.69, 9.17) is 0 Å². The molecule has 0 saturated carbocycles. The van der Waals surface area contributed by atoms with Crippen molar-refractivity contribution in [3.8, 4) is 11.8 Å². The van der Waals surface area contributed by atoms with Gasteiger partial charge in [-0.3, -0.25) is 10.2 Å². The second-order valence-electron chi connectivity index (χ2n) is 4.19. The van der Waals surface area contributed by atoms with E-state index in [0.717, 1.165) is 12.1 Å². The van der Waals surface area contributed by atoms with Crippen molar-refractivity contribution in [2.45, 2.75) is 27.2 Å². The molecule has 1 N–H and O–H groups in total. The number of benzene rings is 1. The Balaban J connectivity index is 2.56. The number of hydrazone groups is 1. The molecule has 0 aromatic heterocycles. The summed E-state index contributed by atoms with van der Waals surface area (Å²) in [5.41, 5.74) is 5.69. The first-order chi connectivity index (χ1) is 9.11. The van der Waals surface area contributed by atoms with Crippen molar-refractivity contribution in [3.05, 3.63) is 47.7 Å². The lowest BCUT2D eigenvalue weighted by Gasteiger charge is -2.03. The van der Waals surface area contributed by atoms with E-state index in [1.54, 1.807) is 13.8 Å². The number of carbonyl (C=O) groups is 1. The molecule has 0 aliphatic carbocycles. The molecule has 19 heavy (non-hydrogen) atoms. The van der Waals surface area contributed by atoms with Gasteiger partial charge in [-0.1, -0.05) is 36.3 Å². The van der Waals surface area contributed by atoms with Gasteiger partial charge < -0.3 is 0 Å². The second-order valence-corrected chi connectivity index (χ2v) is 4.19. The van der Waals surface area contributed by atoms with Crippen LogP contribution in [0, 0.1) is 11.8 Å². The van der Waals surface area contributed by atoms with Crippen LogP contribution in [0.15, 0.2) is 47.2 Å². The maximum Gasteiger partial charge on any atom is 0.230 e. The predicted octanol–water partition coefficient (Wildman–Crippen LogP) is 2.69. The third kappa shape index (κ3) is 6.23. The summed E-state index contributed by atoms with van der Waals surface area (Å²) in [6.45, 7) is 5.37. The summed E-state index contributed by atoms with van der Waals surface area (Å²) in [5, 5.41) is 4.23. The van der Waals surface area contributed by atoms with E-state index in [2.05, 4.69) is 34.5 Å². The Labute approximate surface area is 114 Å². The van der Waals surface area contributed by atoms with Gasteiger partial charge in [-0.2, -0.15) is 5.10 Å². The van der Waals surface area contributed by atoms with Crippen LogP contribution in [0.4, 0.5) is 0 Å². The number of allylic oxidation sites excluding steroid dienone is 2. The van der Waals surface area contributed by atoms with Crippen molar-refractivity contribution in [3.63, 3.8) is 0 Å². The Kier molecular flexibility index (Phi) is 6.11. The molecule has 0 spiro atoms. The molecule has 0 radical (unpaired) electrons. The van der Waals surface area contributed by atoms with Crippen LogP contribution in [-0.4, -0.2) is 11.5 Å². The summed E-state index contributed by atoms with van der Waals surface area (Å²) in [5.74, 6) is 4.79. The van der Waals surface area contributed by atoms with Gasteiger partial charge in [0.25, 0.3) is 0 Å². The van der Waals surface area contributed by atoms with Crippen molar-refractivity contribution >= 4 is 11.5 Å². The molecule has 3 heteroatoms. The molecular weight excluding hydrogens is 236 g/mol. The van der Waals surface area contributed by atoms with Crippen molar-refractivity contribution in [2.24, 2.45) is 5.10 Å². The monoisotopic (exact) mass is 254 g/mol. The van der Waals surface area contributed by atoms with E-state index in [0.29, 0.717) is 5.70 Å². The fourth-order valence-corrected chi connectivity index (χ4v) is 1.50. The Bertz CT molecular complexity index is 545. The summed E-state index contributed by atoms with van der Waals surface area (Å²) in [4.78, 5) is 11.3. The molecule has 3 nitrogen and oxygen atoms in total. The van der Waals surface area contributed by atoms with Crippen molar-refractivity contribution < 1.29 is 4.79 Å². The van der Waals surface area contributed by atoms with Crippen LogP contribution in [0.1, 0.15) is 26.3 Å². The van der Waals surface area contributed by atoms with E-state index >= 15 is 0 Å². The molecule has 0 aliphatic heterocycles. The highest BCUT2D eigenvalue weighted by molar-refractivity contribution is 6.04. The van der Waals surface area contributed by atoms with E-state index < -0.39 is 0 Å². The lowest BCUT2D eigenvalue weighted by atomic mass is 10.1. The van der Waals surface area contributed by atoms with Crippen LogP contribution in [0.3, 0.4) is 0 Å². The van der Waals surface area contributed by atoms with Crippen LogP contribution >= 0.6 is 0 Å². The van der Waals surface area contributed by atoms with Crippen molar-refractivity contribution in [1.82, 2.24) is 5.43 Å². The van der Waals surface area contributed by atoms with Gasteiger partial charge in [0.2, 0.25) is 5.78 Å². The molecule has 0 aliphatic rings. The largest absolute Gasteiger partial charge is 0.283 e. The minimum atomic E-state index is -0.219. The minimum Gasteiger partial charge on any atom is -0.283 e. The van der Waals surface area contributed by atoms with Gasteiger partial charge >= 0.3 is 0 Å². The minimum absolute atomic E-state index is 0.219. The standard InChI is InChI=1S/C16H18N2O/c1-4-8-16(19)12-14(3)18-17-13(2)11-15-9-6-5-7-10-15/h5-7,9-10,12,18H,11H2,1-3H3/b14-12+,17-13+. The van der Waals surface area contributed by atoms with Gasteiger partial charge in [0.05, 0.1) is 0 Å². The molecule has 1 aromatic rings. The smallest absolute Gasteiger partial charge is 0.230 e. The van der Waals surface area contributed by atoms with Crippen molar-refractivity contribution in [1.29, 1.82) is 0 Å². The predicted molar refractivity (Wildman–Crippen MR) is 78.6 cm³/mol. The van der Waals surface area contributed by atoms with Crippen molar-refractivity contribution in [2.75, 3.05) is 0 Å². The maximum absolute atomic E-state index is 11.3. The summed E-state index contributed by atoms with van der Waals surface area (Å²) in [7, 11) is 0. The fraction of sp³-hybridized carbons (Fsp3) is 0.250. The van der Waals surface area contributed by atoms with Gasteiger partial charge in [-0.25, -0.2) is 0 Å². The Hall–Kier alpha value is -2.34. The lowest BCUT2D eigenvalue weighted by Crippen LogP contribution is -2.09. The highest BCUT2D eigenvalue weighted by Crippen LogP contribution is 2.00. The van der Waals surface area contributed by atoms with E-state index in [1.165, 1.54) is 11.6 Å². The first-order valence-electron chi connectivity index (χ1n) is 6.10. The zero-order valence-corrected chi connectivity index (χ0v) is 11.5. The SMILES string of the molecule is CC#CC(=O)/C=C(\C)N/N=C(\C)Cc1ccccc1. The number of hydrogen-bond donors (Lipinski definition) is 1. The fourth-order valence-electron chi connectivity index (χ4n) is 1.50. The van der Waals surface area contributed by atoms with Gasteiger partial charge in [0, 0.05) is 23.9 Å². The van der Waals surface area contributed by atoms with Gasteiger partial charge in [-0.15, -0.1) is 0 Å². The molecule has 0 heterocycles. The summed E-state index contributed by atoms with van der Waals surface area (Å²) in [6.07, 6.45) is 2.22. The van der Waals surface area contributed by atoms with Crippen LogP contribution in [0.5, 0.6) is 0 Å². The molecular formula is C16H18N2O. The van der Waals surface area contributed by atoms with E-state index in [-0.39, 0.29) is 5.78 Å². The number of hydrogen-bond acceptors (Lipinski definition) is 3. The molecule has 0 saturated heterocycles. The Morgan fingerprint density at radius 2 is 2.00 bits per heavy atom. The van der Waals surface area contributed by atoms with Crippen LogP contribution < -0.4 is 5.43 Å². The van der Waals surface area contributed by atoms with E-state index in [9.17, 15) is 4.79 Å². The molecule has 98 valence electrons. The number of carbonyl (C=O) groups excluding carboxylic acids is 1. The second kappa shape index (κ2) is 7.88. The maximum atomic E-state index is 11.3. The molecule has 0 fully saturated rings. The highest BCUT2D eigenvalue weighted by atomic mass is 16.1. The average molecular weight is 254 g/mol.